The van der Waals surface area contributed by atoms with Gasteiger partial charge in [-0.25, -0.2) is 9.97 Å². The fourth-order valence-electron chi connectivity index (χ4n) is 2.32. The molecule has 3 aromatic heterocycles. The Kier molecular flexibility index (Phi) is 7.51. The highest BCUT2D eigenvalue weighted by molar-refractivity contribution is 14.1. The third kappa shape index (κ3) is 5.58. The topological polar surface area (TPSA) is 84.7 Å². The predicted molar refractivity (Wildman–Crippen MR) is 122 cm³/mol. The van der Waals surface area contributed by atoms with Crippen LogP contribution in [-0.4, -0.2) is 32.4 Å². The molecule has 0 amide bonds. The van der Waals surface area contributed by atoms with Crippen LogP contribution >= 0.6 is 46.1 Å². The summed E-state index contributed by atoms with van der Waals surface area (Å²) in [5, 5.41) is 2.35. The van der Waals surface area contributed by atoms with Crippen LogP contribution in [0.2, 0.25) is 0 Å². The molecule has 0 fully saturated rings. The van der Waals surface area contributed by atoms with Crippen molar-refractivity contribution in [2.75, 3.05) is 12.5 Å². The highest BCUT2D eigenvalue weighted by atomic mass is 127. The summed E-state index contributed by atoms with van der Waals surface area (Å²) in [6, 6.07) is 12.3. The average molecular weight is 524 g/mol. The molecular weight excluding hydrogens is 507 g/mol. The molecule has 28 heavy (non-hydrogen) atoms. The number of halogens is 1. The second-order valence-electron chi connectivity index (χ2n) is 5.56. The Balaban J connectivity index is 0.000000192. The first-order valence-electron chi connectivity index (χ1n) is 8.21. The van der Waals surface area contributed by atoms with Gasteiger partial charge in [-0.3, -0.25) is 4.79 Å². The van der Waals surface area contributed by atoms with Crippen molar-refractivity contribution in [3.63, 3.8) is 0 Å². The lowest BCUT2D eigenvalue weighted by Crippen LogP contribution is -2.10. The van der Waals surface area contributed by atoms with E-state index in [4.69, 9.17) is 4.42 Å². The van der Waals surface area contributed by atoms with Gasteiger partial charge < -0.3 is 9.40 Å². The summed E-state index contributed by atoms with van der Waals surface area (Å²) in [5.41, 5.74) is 1.83. The summed E-state index contributed by atoms with van der Waals surface area (Å²) in [6.07, 6.45) is 7.98. The van der Waals surface area contributed by atoms with Crippen molar-refractivity contribution in [1.82, 2.24) is 19.9 Å². The minimum atomic E-state index is -0.0695. The number of furan rings is 1. The second kappa shape index (κ2) is 10.1. The van der Waals surface area contributed by atoms with E-state index in [0.717, 1.165) is 22.7 Å². The molecule has 1 aromatic carbocycles. The minimum absolute atomic E-state index is 0.0695. The quantitative estimate of drug-likeness (QED) is 0.237. The average Bonchev–Trinajstić information content (AvgIpc) is 3.12. The molecule has 0 unspecified atom stereocenters. The van der Waals surface area contributed by atoms with Crippen LogP contribution in [0.5, 0.6) is 0 Å². The van der Waals surface area contributed by atoms with Crippen molar-refractivity contribution in [2.45, 2.75) is 16.7 Å². The van der Waals surface area contributed by atoms with Crippen molar-refractivity contribution < 1.29 is 4.42 Å². The van der Waals surface area contributed by atoms with Gasteiger partial charge in [0.05, 0.1) is 8.96 Å². The van der Waals surface area contributed by atoms with Gasteiger partial charge in [-0.1, -0.05) is 53.9 Å². The summed E-state index contributed by atoms with van der Waals surface area (Å²) in [4.78, 5) is 26.0. The first-order chi connectivity index (χ1) is 13.6. The van der Waals surface area contributed by atoms with E-state index < -0.39 is 0 Å². The molecule has 0 radical (unpaired) electrons. The SMILES string of the molecule is CSc1ncc(I)c(=O)[nH]1.CSc1ncc2cc(Cc3ccccc3)oc2n1. The molecule has 0 bridgehead atoms. The smallest absolute Gasteiger partial charge is 0.264 e. The van der Waals surface area contributed by atoms with E-state index in [1.165, 1.54) is 29.1 Å². The van der Waals surface area contributed by atoms with Gasteiger partial charge in [0.1, 0.15) is 5.76 Å². The van der Waals surface area contributed by atoms with E-state index in [1.807, 2.05) is 65.6 Å². The molecule has 4 aromatic rings. The summed E-state index contributed by atoms with van der Waals surface area (Å²) in [5.74, 6) is 0.920. The number of aromatic nitrogens is 4. The highest BCUT2D eigenvalue weighted by Gasteiger charge is 2.07. The van der Waals surface area contributed by atoms with Crippen molar-refractivity contribution in [2.24, 2.45) is 0 Å². The lowest BCUT2D eigenvalue weighted by molar-refractivity contribution is 0.548. The second-order valence-corrected chi connectivity index (χ2v) is 8.29. The lowest BCUT2D eigenvalue weighted by atomic mass is 10.1. The normalized spacial score (nSPS) is 10.5. The molecule has 3 heterocycles. The number of hydrogen-bond donors (Lipinski definition) is 1. The highest BCUT2D eigenvalue weighted by Crippen LogP contribution is 2.21. The summed E-state index contributed by atoms with van der Waals surface area (Å²) in [6.45, 7) is 0. The van der Waals surface area contributed by atoms with Crippen LogP contribution in [0.15, 0.2) is 68.3 Å². The maximum atomic E-state index is 10.9. The molecule has 4 rings (SSSR count). The number of rotatable bonds is 4. The zero-order chi connectivity index (χ0) is 19.9. The number of benzene rings is 1. The molecule has 0 atom stereocenters. The molecule has 9 heteroatoms. The van der Waals surface area contributed by atoms with E-state index in [1.54, 1.807) is 6.20 Å². The molecule has 0 spiro atoms. The Morgan fingerprint density at radius 2 is 1.89 bits per heavy atom. The van der Waals surface area contributed by atoms with E-state index in [0.29, 0.717) is 14.4 Å². The van der Waals surface area contributed by atoms with Crippen molar-refractivity contribution in [3.8, 4) is 0 Å². The number of fused-ring (bicyclic) bond motifs is 1. The number of hydrogen-bond acceptors (Lipinski definition) is 7. The van der Waals surface area contributed by atoms with Gasteiger partial charge in [0.25, 0.3) is 5.56 Å². The molecule has 6 nitrogen and oxygen atoms in total. The fourth-order valence-corrected chi connectivity index (χ4v) is 3.28. The van der Waals surface area contributed by atoms with E-state index >= 15 is 0 Å². The van der Waals surface area contributed by atoms with Gasteiger partial charge in [-0.05, 0) is 46.7 Å². The molecule has 144 valence electrons. The lowest BCUT2D eigenvalue weighted by Gasteiger charge is -1.96. The minimum Gasteiger partial charge on any atom is -0.442 e. The summed E-state index contributed by atoms with van der Waals surface area (Å²) >= 11 is 4.88. The number of nitrogens with one attached hydrogen (secondary N) is 1. The van der Waals surface area contributed by atoms with Crippen LogP contribution in [-0.2, 0) is 6.42 Å². The van der Waals surface area contributed by atoms with Crippen LogP contribution in [0, 0.1) is 3.57 Å². The number of nitrogens with zero attached hydrogens (tertiary/aromatic N) is 3. The molecule has 0 saturated heterocycles. The predicted octanol–water partition coefficient (Wildman–Crippen LogP) is 4.63. The van der Waals surface area contributed by atoms with Crippen LogP contribution in [0.1, 0.15) is 11.3 Å². The number of H-pyrrole nitrogens is 1. The zero-order valence-electron chi connectivity index (χ0n) is 15.2. The largest absolute Gasteiger partial charge is 0.442 e. The standard InChI is InChI=1S/C14H12N2OS.C5H5IN2OS/c1-18-14-15-9-11-8-12(17-13(11)16-14)7-10-5-3-2-4-6-10;1-10-5-7-2-3(6)4(9)8-5/h2-6,8-9H,7H2,1H3;2H,1H3,(H,7,8,9). The Morgan fingerprint density at radius 1 is 1.11 bits per heavy atom. The van der Waals surface area contributed by atoms with Gasteiger partial charge in [-0.2, -0.15) is 4.98 Å². The Bertz CT molecular complexity index is 1120. The Morgan fingerprint density at radius 3 is 2.57 bits per heavy atom. The molecule has 1 N–H and O–H groups in total. The zero-order valence-corrected chi connectivity index (χ0v) is 19.0. The van der Waals surface area contributed by atoms with E-state index in [9.17, 15) is 4.79 Å². The Labute approximate surface area is 184 Å². The molecule has 0 aliphatic rings. The van der Waals surface area contributed by atoms with Crippen molar-refractivity contribution >= 4 is 57.2 Å². The maximum absolute atomic E-state index is 10.9. The molecular formula is C19H17IN4O2S2. The summed E-state index contributed by atoms with van der Waals surface area (Å²) in [7, 11) is 0. The van der Waals surface area contributed by atoms with E-state index in [2.05, 4.69) is 32.1 Å². The third-order valence-corrected chi connectivity index (χ3v) is 5.56. The molecule has 0 saturated carbocycles. The van der Waals surface area contributed by atoms with Gasteiger partial charge in [0.2, 0.25) is 5.71 Å². The monoisotopic (exact) mass is 524 g/mol. The van der Waals surface area contributed by atoms with Crippen molar-refractivity contribution in [1.29, 1.82) is 0 Å². The maximum Gasteiger partial charge on any atom is 0.264 e. The van der Waals surface area contributed by atoms with Gasteiger partial charge in [0.15, 0.2) is 10.3 Å². The van der Waals surface area contributed by atoms with Gasteiger partial charge in [0, 0.05) is 18.8 Å². The first-order valence-corrected chi connectivity index (χ1v) is 11.7. The van der Waals surface area contributed by atoms with Crippen LogP contribution in [0.4, 0.5) is 0 Å². The Hall–Kier alpha value is -1.85. The molecule has 0 aliphatic heterocycles. The van der Waals surface area contributed by atoms with Gasteiger partial charge >= 0.3 is 0 Å². The van der Waals surface area contributed by atoms with Crippen LogP contribution < -0.4 is 5.56 Å². The van der Waals surface area contributed by atoms with Crippen molar-refractivity contribution in [3.05, 3.63) is 74.0 Å². The first kappa shape index (κ1) is 20.9. The number of aromatic amines is 1. The molecule has 0 aliphatic carbocycles. The summed E-state index contributed by atoms with van der Waals surface area (Å²) < 4.78 is 6.37. The van der Waals surface area contributed by atoms with Crippen LogP contribution in [0.3, 0.4) is 0 Å². The number of thioether (sulfide) groups is 2. The van der Waals surface area contributed by atoms with Gasteiger partial charge in [-0.15, -0.1) is 0 Å². The van der Waals surface area contributed by atoms with E-state index in [-0.39, 0.29) is 5.56 Å². The van der Waals surface area contributed by atoms with Crippen LogP contribution in [0.25, 0.3) is 11.1 Å². The fraction of sp³-hybridized carbons (Fsp3) is 0.158. The third-order valence-electron chi connectivity index (χ3n) is 3.63.